The van der Waals surface area contributed by atoms with E-state index in [1.807, 2.05) is 25.1 Å². The van der Waals surface area contributed by atoms with E-state index in [1.165, 1.54) is 0 Å². The third-order valence-electron chi connectivity index (χ3n) is 3.04. The van der Waals surface area contributed by atoms with E-state index in [-0.39, 0.29) is 11.8 Å². The maximum Gasteiger partial charge on any atom is 0.224 e. The zero-order valence-corrected chi connectivity index (χ0v) is 11.2. The standard InChI is InChI=1S/C16H15N3O/c1-12(14-3-2-8-18-11-14)9-16(20)19-15-6-4-13(10-17)5-7-15/h2-8,11-12H,9H2,1H3,(H,19,20). The van der Waals surface area contributed by atoms with Gasteiger partial charge in [0.1, 0.15) is 0 Å². The predicted octanol–water partition coefficient (Wildman–Crippen LogP) is 3.09. The number of anilines is 1. The highest BCUT2D eigenvalue weighted by molar-refractivity contribution is 5.91. The Labute approximate surface area is 118 Å². The van der Waals surface area contributed by atoms with Gasteiger partial charge in [-0.05, 0) is 41.8 Å². The van der Waals surface area contributed by atoms with E-state index in [0.29, 0.717) is 17.7 Å². The number of benzene rings is 1. The number of pyridine rings is 1. The minimum atomic E-state index is -0.0499. The molecule has 2 rings (SSSR count). The molecule has 1 aromatic heterocycles. The molecule has 0 saturated carbocycles. The number of nitriles is 1. The summed E-state index contributed by atoms with van der Waals surface area (Å²) in [7, 11) is 0. The maximum absolute atomic E-state index is 12.0. The molecule has 0 spiro atoms. The molecule has 0 aliphatic carbocycles. The number of carbonyl (C=O) groups is 1. The van der Waals surface area contributed by atoms with Crippen LogP contribution in [0.15, 0.2) is 48.8 Å². The number of nitrogens with one attached hydrogen (secondary N) is 1. The first-order valence-electron chi connectivity index (χ1n) is 6.39. The van der Waals surface area contributed by atoms with Gasteiger partial charge in [0.15, 0.2) is 0 Å². The number of carbonyl (C=O) groups excluding carboxylic acids is 1. The molecule has 1 atom stereocenters. The molecule has 1 aromatic carbocycles. The van der Waals surface area contributed by atoms with Gasteiger partial charge < -0.3 is 5.32 Å². The van der Waals surface area contributed by atoms with Crippen molar-refractivity contribution in [2.75, 3.05) is 5.32 Å². The third-order valence-corrected chi connectivity index (χ3v) is 3.04. The van der Waals surface area contributed by atoms with Crippen molar-refractivity contribution < 1.29 is 4.79 Å². The molecule has 0 aliphatic heterocycles. The maximum atomic E-state index is 12.0. The molecule has 1 unspecified atom stereocenters. The SMILES string of the molecule is CC(CC(=O)Nc1ccc(C#N)cc1)c1cccnc1. The number of rotatable bonds is 4. The average molecular weight is 265 g/mol. The fourth-order valence-electron chi connectivity index (χ4n) is 1.90. The van der Waals surface area contributed by atoms with Gasteiger partial charge in [0.25, 0.3) is 0 Å². The molecule has 0 radical (unpaired) electrons. The van der Waals surface area contributed by atoms with Crippen LogP contribution in [0.25, 0.3) is 0 Å². The average Bonchev–Trinajstić information content (AvgIpc) is 2.49. The molecule has 0 saturated heterocycles. The molecular formula is C16H15N3O. The topological polar surface area (TPSA) is 65.8 Å². The summed E-state index contributed by atoms with van der Waals surface area (Å²) in [5, 5.41) is 11.5. The van der Waals surface area contributed by atoms with Crippen LogP contribution < -0.4 is 5.32 Å². The van der Waals surface area contributed by atoms with E-state index in [9.17, 15) is 4.79 Å². The van der Waals surface area contributed by atoms with Gasteiger partial charge in [-0.2, -0.15) is 5.26 Å². The van der Waals surface area contributed by atoms with Crippen LogP contribution in [-0.4, -0.2) is 10.9 Å². The molecule has 4 heteroatoms. The second kappa shape index (κ2) is 6.48. The Hall–Kier alpha value is -2.67. The lowest BCUT2D eigenvalue weighted by molar-refractivity contribution is -0.116. The van der Waals surface area contributed by atoms with Crippen LogP contribution in [-0.2, 0) is 4.79 Å². The Bertz CT molecular complexity index is 614. The summed E-state index contributed by atoms with van der Waals surface area (Å²) in [6, 6.07) is 12.7. The molecule has 100 valence electrons. The minimum absolute atomic E-state index is 0.0499. The second-order valence-electron chi connectivity index (χ2n) is 4.63. The Morgan fingerprint density at radius 1 is 1.35 bits per heavy atom. The van der Waals surface area contributed by atoms with Gasteiger partial charge in [0, 0.05) is 24.5 Å². The van der Waals surface area contributed by atoms with Crippen molar-refractivity contribution in [3.8, 4) is 6.07 Å². The van der Waals surface area contributed by atoms with Gasteiger partial charge in [-0.25, -0.2) is 0 Å². The lowest BCUT2D eigenvalue weighted by atomic mass is 9.99. The van der Waals surface area contributed by atoms with Crippen molar-refractivity contribution in [1.29, 1.82) is 5.26 Å². The van der Waals surface area contributed by atoms with Crippen LogP contribution in [0, 0.1) is 11.3 Å². The van der Waals surface area contributed by atoms with Gasteiger partial charge in [0.05, 0.1) is 11.6 Å². The van der Waals surface area contributed by atoms with E-state index in [0.717, 1.165) is 5.56 Å². The Balaban J connectivity index is 1.93. The lowest BCUT2D eigenvalue weighted by Gasteiger charge is -2.11. The number of hydrogen-bond donors (Lipinski definition) is 1. The van der Waals surface area contributed by atoms with Crippen LogP contribution in [0.4, 0.5) is 5.69 Å². The molecule has 1 amide bonds. The van der Waals surface area contributed by atoms with Crippen molar-refractivity contribution in [2.24, 2.45) is 0 Å². The van der Waals surface area contributed by atoms with Crippen molar-refractivity contribution in [3.05, 3.63) is 59.9 Å². The summed E-state index contributed by atoms with van der Waals surface area (Å²) < 4.78 is 0. The second-order valence-corrected chi connectivity index (χ2v) is 4.63. The normalized spacial score (nSPS) is 11.4. The highest BCUT2D eigenvalue weighted by Gasteiger charge is 2.11. The summed E-state index contributed by atoms with van der Waals surface area (Å²) in [5.41, 5.74) is 2.32. The van der Waals surface area contributed by atoms with Crippen LogP contribution in [0.1, 0.15) is 30.4 Å². The largest absolute Gasteiger partial charge is 0.326 e. The van der Waals surface area contributed by atoms with Crippen molar-refractivity contribution >= 4 is 11.6 Å². The zero-order chi connectivity index (χ0) is 14.4. The highest BCUT2D eigenvalue weighted by atomic mass is 16.1. The first-order valence-corrected chi connectivity index (χ1v) is 6.39. The molecule has 0 aliphatic rings. The highest BCUT2D eigenvalue weighted by Crippen LogP contribution is 2.18. The number of amides is 1. The fraction of sp³-hybridized carbons (Fsp3) is 0.188. The van der Waals surface area contributed by atoms with Gasteiger partial charge in [0.2, 0.25) is 5.91 Å². The van der Waals surface area contributed by atoms with E-state index in [2.05, 4.69) is 10.3 Å². The van der Waals surface area contributed by atoms with Crippen molar-refractivity contribution in [3.63, 3.8) is 0 Å². The number of aromatic nitrogens is 1. The number of nitrogens with zero attached hydrogens (tertiary/aromatic N) is 2. The first-order chi connectivity index (χ1) is 9.69. The summed E-state index contributed by atoms with van der Waals surface area (Å²) in [4.78, 5) is 16.0. The summed E-state index contributed by atoms with van der Waals surface area (Å²) in [6.45, 7) is 2.00. The fourth-order valence-corrected chi connectivity index (χ4v) is 1.90. The van der Waals surface area contributed by atoms with Crippen molar-refractivity contribution in [1.82, 2.24) is 4.98 Å². The van der Waals surface area contributed by atoms with Crippen LogP contribution in [0.5, 0.6) is 0 Å². The zero-order valence-electron chi connectivity index (χ0n) is 11.2. The van der Waals surface area contributed by atoms with Gasteiger partial charge in [-0.3, -0.25) is 9.78 Å². The van der Waals surface area contributed by atoms with E-state index in [1.54, 1.807) is 36.7 Å². The van der Waals surface area contributed by atoms with E-state index < -0.39 is 0 Å². The van der Waals surface area contributed by atoms with Crippen LogP contribution >= 0.6 is 0 Å². The Morgan fingerprint density at radius 2 is 2.10 bits per heavy atom. The smallest absolute Gasteiger partial charge is 0.224 e. The predicted molar refractivity (Wildman–Crippen MR) is 77.1 cm³/mol. The van der Waals surface area contributed by atoms with E-state index in [4.69, 9.17) is 5.26 Å². The molecule has 2 aromatic rings. The van der Waals surface area contributed by atoms with Crippen LogP contribution in [0.3, 0.4) is 0 Å². The molecule has 4 nitrogen and oxygen atoms in total. The molecule has 0 fully saturated rings. The first kappa shape index (κ1) is 13.8. The van der Waals surface area contributed by atoms with Gasteiger partial charge in [-0.1, -0.05) is 13.0 Å². The summed E-state index contributed by atoms with van der Waals surface area (Å²) in [5.74, 6) is 0.0631. The van der Waals surface area contributed by atoms with Crippen molar-refractivity contribution in [2.45, 2.75) is 19.3 Å². The lowest BCUT2D eigenvalue weighted by Crippen LogP contribution is -2.14. The van der Waals surface area contributed by atoms with Gasteiger partial charge in [-0.15, -0.1) is 0 Å². The summed E-state index contributed by atoms with van der Waals surface area (Å²) in [6.07, 6.45) is 3.89. The molecule has 1 N–H and O–H groups in total. The Morgan fingerprint density at radius 3 is 2.70 bits per heavy atom. The molecule has 20 heavy (non-hydrogen) atoms. The molecule has 1 heterocycles. The molecule has 0 bridgehead atoms. The minimum Gasteiger partial charge on any atom is -0.326 e. The van der Waals surface area contributed by atoms with Crippen LogP contribution in [0.2, 0.25) is 0 Å². The van der Waals surface area contributed by atoms with Gasteiger partial charge >= 0.3 is 0 Å². The summed E-state index contributed by atoms with van der Waals surface area (Å²) >= 11 is 0. The third kappa shape index (κ3) is 3.66. The number of hydrogen-bond acceptors (Lipinski definition) is 3. The monoisotopic (exact) mass is 265 g/mol. The Kier molecular flexibility index (Phi) is 4.46. The quantitative estimate of drug-likeness (QED) is 0.923. The van der Waals surface area contributed by atoms with E-state index >= 15 is 0 Å². The molecular weight excluding hydrogens is 250 g/mol.